The molecule has 0 radical (unpaired) electrons. The standard InChI is InChI=1S/C22H32F2.2N2.2H3N/c1-15-3-7-17(8-4-15)13-19-11-12-20(22(24)21(19)23)14-18-9-5-16(2)6-10-18;2*1-2;;/h11-12,15-18H,3-10,13-14H2,1-2H3;;;2*1H3. The highest BCUT2D eigenvalue weighted by molar-refractivity contribution is 5.27. The molecule has 0 saturated heterocycles. The summed E-state index contributed by atoms with van der Waals surface area (Å²) in [7, 11) is 0. The molecule has 170 valence electrons. The van der Waals surface area contributed by atoms with E-state index in [0.717, 1.165) is 37.5 Å². The third-order valence-electron chi connectivity index (χ3n) is 6.53. The van der Waals surface area contributed by atoms with Crippen LogP contribution in [0.1, 0.15) is 76.3 Å². The Hall–Kier alpha value is -2.16. The summed E-state index contributed by atoms with van der Waals surface area (Å²) in [5.41, 5.74) is 1.18. The number of rotatable bonds is 4. The fraction of sp³-hybridized carbons (Fsp3) is 0.727. The Bertz CT molecular complexity index is 578. The van der Waals surface area contributed by atoms with Gasteiger partial charge in [0.1, 0.15) is 0 Å². The highest BCUT2D eigenvalue weighted by Crippen LogP contribution is 2.34. The van der Waals surface area contributed by atoms with E-state index in [1.807, 2.05) is 12.1 Å². The van der Waals surface area contributed by atoms with E-state index in [4.69, 9.17) is 21.6 Å². The second-order valence-electron chi connectivity index (χ2n) is 8.67. The third kappa shape index (κ3) is 8.69. The van der Waals surface area contributed by atoms with Gasteiger partial charge in [0.25, 0.3) is 0 Å². The molecule has 0 aromatic heterocycles. The van der Waals surface area contributed by atoms with Crippen LogP contribution in [0.4, 0.5) is 8.78 Å². The molecule has 6 N–H and O–H groups in total. The van der Waals surface area contributed by atoms with Crippen LogP contribution in [-0.4, -0.2) is 0 Å². The van der Waals surface area contributed by atoms with Crippen molar-refractivity contribution in [2.24, 2.45) is 23.7 Å². The number of hydrogen-bond acceptors (Lipinski definition) is 6. The van der Waals surface area contributed by atoms with Crippen molar-refractivity contribution < 1.29 is 8.78 Å². The number of halogens is 2. The lowest BCUT2D eigenvalue weighted by Crippen LogP contribution is -2.17. The molecular weight excluding hydrogens is 386 g/mol. The van der Waals surface area contributed by atoms with Crippen molar-refractivity contribution in [2.75, 3.05) is 0 Å². The van der Waals surface area contributed by atoms with Crippen molar-refractivity contribution in [1.82, 2.24) is 12.3 Å². The van der Waals surface area contributed by atoms with E-state index < -0.39 is 11.6 Å². The molecule has 0 aliphatic heterocycles. The van der Waals surface area contributed by atoms with Gasteiger partial charge in [-0.15, -0.1) is 0 Å². The first-order valence-corrected chi connectivity index (χ1v) is 10.4. The fourth-order valence-corrected chi connectivity index (χ4v) is 4.63. The zero-order chi connectivity index (χ0) is 21.1. The first kappa shape index (κ1) is 30.0. The zero-order valence-electron chi connectivity index (χ0n) is 18.5. The predicted molar refractivity (Wildman–Crippen MR) is 113 cm³/mol. The Morgan fingerprint density at radius 3 is 1.17 bits per heavy atom. The molecular formula is C22H38F2N6. The van der Waals surface area contributed by atoms with Crippen molar-refractivity contribution in [3.8, 4) is 0 Å². The minimum Gasteiger partial charge on any atom is -0.344 e. The second kappa shape index (κ2) is 15.6. The van der Waals surface area contributed by atoms with Gasteiger partial charge in [-0.3, -0.25) is 0 Å². The first-order valence-electron chi connectivity index (χ1n) is 10.4. The summed E-state index contributed by atoms with van der Waals surface area (Å²) in [5, 5.41) is 24.0. The summed E-state index contributed by atoms with van der Waals surface area (Å²) in [6.07, 6.45) is 11.0. The van der Waals surface area contributed by atoms with Crippen molar-refractivity contribution in [2.45, 2.75) is 78.1 Å². The zero-order valence-corrected chi connectivity index (χ0v) is 18.5. The van der Waals surface area contributed by atoms with Crippen LogP contribution < -0.4 is 12.3 Å². The number of nitrogens with zero attached hydrogens (tertiary/aromatic N) is 4. The smallest absolute Gasteiger partial charge is 0.162 e. The van der Waals surface area contributed by atoms with Gasteiger partial charge in [0.2, 0.25) is 0 Å². The summed E-state index contributed by atoms with van der Waals surface area (Å²) in [6.45, 7) is 4.58. The van der Waals surface area contributed by atoms with E-state index in [0.29, 0.717) is 35.8 Å². The second-order valence-corrected chi connectivity index (χ2v) is 8.67. The van der Waals surface area contributed by atoms with Gasteiger partial charge in [-0.05, 0) is 73.3 Å². The largest absolute Gasteiger partial charge is 0.344 e. The molecule has 1 aromatic rings. The lowest BCUT2D eigenvalue weighted by molar-refractivity contribution is 0.283. The molecule has 1 aromatic carbocycles. The molecule has 6 nitrogen and oxygen atoms in total. The predicted octanol–water partition coefficient (Wildman–Crippen LogP) is 7.09. The summed E-state index contributed by atoms with van der Waals surface area (Å²) >= 11 is 0. The molecule has 0 unspecified atom stereocenters. The SMILES string of the molecule is CC1CCC(Cc2ccc(CC3CCC(C)CC3)c(F)c2F)CC1.N.N.N#N.N#N. The van der Waals surface area contributed by atoms with Gasteiger partial charge in [-0.25, -0.2) is 8.78 Å². The Labute approximate surface area is 179 Å². The highest BCUT2D eigenvalue weighted by Gasteiger charge is 2.24. The monoisotopic (exact) mass is 424 g/mol. The van der Waals surface area contributed by atoms with Gasteiger partial charge in [0.15, 0.2) is 11.6 Å². The first-order chi connectivity index (χ1) is 13.5. The van der Waals surface area contributed by atoms with E-state index in [1.165, 1.54) is 25.7 Å². The van der Waals surface area contributed by atoms with Gasteiger partial charge in [0, 0.05) is 21.6 Å². The molecule has 0 spiro atoms. The van der Waals surface area contributed by atoms with E-state index >= 15 is 0 Å². The molecule has 2 aliphatic rings. The summed E-state index contributed by atoms with van der Waals surface area (Å²) in [6, 6.07) is 3.72. The Balaban J connectivity index is 0. The van der Waals surface area contributed by atoms with Crippen LogP contribution in [0.25, 0.3) is 0 Å². The highest BCUT2D eigenvalue weighted by atomic mass is 19.2. The summed E-state index contributed by atoms with van der Waals surface area (Å²) in [5.74, 6) is 1.50. The minimum atomic E-state index is -0.574. The lowest BCUT2D eigenvalue weighted by Gasteiger charge is -2.27. The topological polar surface area (TPSA) is 165 Å². The Morgan fingerprint density at radius 1 is 0.633 bits per heavy atom. The van der Waals surface area contributed by atoms with E-state index in [1.54, 1.807) is 0 Å². The maximum atomic E-state index is 14.5. The molecule has 8 heteroatoms. The van der Waals surface area contributed by atoms with Gasteiger partial charge >= 0.3 is 0 Å². The van der Waals surface area contributed by atoms with Crippen LogP contribution in [-0.2, 0) is 12.8 Å². The van der Waals surface area contributed by atoms with Crippen LogP contribution in [0.2, 0.25) is 0 Å². The number of hydrogen-bond donors (Lipinski definition) is 2. The van der Waals surface area contributed by atoms with Gasteiger partial charge in [-0.1, -0.05) is 51.7 Å². The quantitative estimate of drug-likeness (QED) is 0.489. The lowest BCUT2D eigenvalue weighted by atomic mass is 9.79. The summed E-state index contributed by atoms with van der Waals surface area (Å²) in [4.78, 5) is 0. The summed E-state index contributed by atoms with van der Waals surface area (Å²) < 4.78 is 29.1. The van der Waals surface area contributed by atoms with E-state index in [2.05, 4.69) is 13.8 Å². The Morgan fingerprint density at radius 2 is 0.900 bits per heavy atom. The van der Waals surface area contributed by atoms with Gasteiger partial charge < -0.3 is 12.3 Å². The molecule has 0 amide bonds. The van der Waals surface area contributed by atoms with Crippen LogP contribution in [0.5, 0.6) is 0 Å². The molecule has 3 rings (SSSR count). The molecule has 0 bridgehead atoms. The maximum Gasteiger partial charge on any atom is 0.162 e. The number of benzene rings is 1. The molecule has 30 heavy (non-hydrogen) atoms. The van der Waals surface area contributed by atoms with Crippen molar-refractivity contribution >= 4 is 0 Å². The normalized spacial score (nSPS) is 25.1. The van der Waals surface area contributed by atoms with Crippen LogP contribution in [0.3, 0.4) is 0 Å². The maximum absolute atomic E-state index is 14.5. The Kier molecular flexibility index (Phi) is 15.7. The molecule has 0 atom stereocenters. The molecule has 2 fully saturated rings. The van der Waals surface area contributed by atoms with Crippen molar-refractivity contribution in [1.29, 1.82) is 21.6 Å². The molecule has 2 saturated carbocycles. The van der Waals surface area contributed by atoms with Gasteiger partial charge in [0.05, 0.1) is 0 Å². The van der Waals surface area contributed by atoms with Gasteiger partial charge in [-0.2, -0.15) is 0 Å². The van der Waals surface area contributed by atoms with Crippen molar-refractivity contribution in [3.05, 3.63) is 34.9 Å². The average molecular weight is 425 g/mol. The third-order valence-corrected chi connectivity index (χ3v) is 6.53. The minimum absolute atomic E-state index is 0. The fourth-order valence-electron chi connectivity index (χ4n) is 4.63. The molecule has 0 heterocycles. The van der Waals surface area contributed by atoms with Crippen molar-refractivity contribution in [3.63, 3.8) is 0 Å². The van der Waals surface area contributed by atoms with E-state index in [9.17, 15) is 8.78 Å². The van der Waals surface area contributed by atoms with Crippen LogP contribution in [0, 0.1) is 56.9 Å². The van der Waals surface area contributed by atoms with Crippen LogP contribution in [0.15, 0.2) is 12.1 Å². The average Bonchev–Trinajstić information content (AvgIpc) is 2.74. The van der Waals surface area contributed by atoms with E-state index in [-0.39, 0.29) is 12.3 Å². The van der Waals surface area contributed by atoms with Crippen LogP contribution >= 0.6 is 0 Å². The molecule has 2 aliphatic carbocycles.